The molecule has 0 radical (unpaired) electrons. The molecule has 3 aromatic rings. The fourth-order valence-corrected chi connectivity index (χ4v) is 2.62. The van der Waals surface area contributed by atoms with Gasteiger partial charge in [0.05, 0.1) is 32.9 Å². The van der Waals surface area contributed by atoms with E-state index in [0.29, 0.717) is 11.1 Å². The number of hydrogen-bond donors (Lipinski definition) is 0. The fourth-order valence-electron chi connectivity index (χ4n) is 2.62. The van der Waals surface area contributed by atoms with E-state index in [1.807, 2.05) is 13.8 Å². The Labute approximate surface area is 149 Å². The number of rotatable bonds is 5. The molecule has 3 rings (SSSR count). The Kier molecular flexibility index (Phi) is 4.88. The number of carbonyl (C=O) groups is 1. The Hall–Kier alpha value is -3.35. The summed E-state index contributed by atoms with van der Waals surface area (Å²) in [7, 11) is 0. The molecule has 0 aliphatic rings. The summed E-state index contributed by atoms with van der Waals surface area (Å²) >= 11 is 0. The third kappa shape index (κ3) is 3.51. The van der Waals surface area contributed by atoms with Crippen molar-refractivity contribution in [3.8, 4) is 5.75 Å². The van der Waals surface area contributed by atoms with Gasteiger partial charge in [-0.3, -0.25) is 10.1 Å². The van der Waals surface area contributed by atoms with Gasteiger partial charge in [0.2, 0.25) is 0 Å². The minimum atomic E-state index is -0.555. The maximum absolute atomic E-state index is 12.3. The second-order valence-corrected chi connectivity index (χ2v) is 5.67. The summed E-state index contributed by atoms with van der Waals surface area (Å²) in [6.07, 6.45) is 1.57. The van der Waals surface area contributed by atoms with Crippen molar-refractivity contribution in [1.82, 2.24) is 9.97 Å². The standard InChI is InChI=1S/C19H17N3O4/c1-3-15-16(4-2)21-18-11-12(5-10-17(18)20-15)19(23)26-14-8-6-13(7-9-14)22(24)25/h5-11H,3-4H2,1-2H3. The van der Waals surface area contributed by atoms with E-state index in [1.165, 1.54) is 24.3 Å². The SMILES string of the molecule is CCc1nc2ccc(C(=O)Oc3ccc([N+](=O)[O-])cc3)cc2nc1CC. The van der Waals surface area contributed by atoms with E-state index in [-0.39, 0.29) is 11.4 Å². The second kappa shape index (κ2) is 7.26. The highest BCUT2D eigenvalue weighted by atomic mass is 16.6. The maximum Gasteiger partial charge on any atom is 0.343 e. The molecule has 1 heterocycles. The van der Waals surface area contributed by atoms with Crippen molar-refractivity contribution < 1.29 is 14.5 Å². The predicted octanol–water partition coefficient (Wildman–Crippen LogP) is 3.88. The molecule has 26 heavy (non-hydrogen) atoms. The van der Waals surface area contributed by atoms with Gasteiger partial charge < -0.3 is 4.74 Å². The van der Waals surface area contributed by atoms with E-state index in [0.717, 1.165) is 29.7 Å². The molecule has 0 N–H and O–H groups in total. The molecule has 0 bridgehead atoms. The number of nitro groups is 1. The molecule has 7 nitrogen and oxygen atoms in total. The molecule has 0 aliphatic carbocycles. The Morgan fingerprint density at radius 1 is 1.00 bits per heavy atom. The number of hydrogen-bond acceptors (Lipinski definition) is 6. The van der Waals surface area contributed by atoms with Crippen LogP contribution in [0.1, 0.15) is 35.6 Å². The minimum absolute atomic E-state index is 0.0652. The number of carbonyl (C=O) groups excluding carboxylic acids is 1. The first-order chi connectivity index (χ1) is 12.5. The molecule has 1 aromatic heterocycles. The predicted molar refractivity (Wildman–Crippen MR) is 96.3 cm³/mol. The van der Waals surface area contributed by atoms with Crippen LogP contribution in [-0.4, -0.2) is 20.9 Å². The van der Waals surface area contributed by atoms with Gasteiger partial charge in [-0.2, -0.15) is 0 Å². The quantitative estimate of drug-likeness (QED) is 0.299. The number of aryl methyl sites for hydroxylation is 2. The van der Waals surface area contributed by atoms with Crippen LogP contribution in [0.15, 0.2) is 42.5 Å². The molecule has 0 fully saturated rings. The Morgan fingerprint density at radius 2 is 1.62 bits per heavy atom. The highest BCUT2D eigenvalue weighted by Crippen LogP contribution is 2.20. The highest BCUT2D eigenvalue weighted by Gasteiger charge is 2.13. The van der Waals surface area contributed by atoms with Gasteiger partial charge in [0.1, 0.15) is 5.75 Å². The second-order valence-electron chi connectivity index (χ2n) is 5.67. The molecule has 0 aliphatic heterocycles. The van der Waals surface area contributed by atoms with Gasteiger partial charge in [-0.05, 0) is 43.2 Å². The van der Waals surface area contributed by atoms with Crippen LogP contribution in [0.3, 0.4) is 0 Å². The monoisotopic (exact) mass is 351 g/mol. The zero-order chi connectivity index (χ0) is 18.7. The van der Waals surface area contributed by atoms with E-state index >= 15 is 0 Å². The molecule has 0 atom stereocenters. The summed E-state index contributed by atoms with van der Waals surface area (Å²) in [6.45, 7) is 4.05. The van der Waals surface area contributed by atoms with Crippen LogP contribution in [0.5, 0.6) is 5.75 Å². The number of fused-ring (bicyclic) bond motifs is 1. The van der Waals surface area contributed by atoms with Gasteiger partial charge in [-0.15, -0.1) is 0 Å². The Bertz CT molecular complexity index is 984. The fraction of sp³-hybridized carbons (Fsp3) is 0.211. The topological polar surface area (TPSA) is 95.2 Å². The number of aromatic nitrogens is 2. The molecule has 0 saturated carbocycles. The lowest BCUT2D eigenvalue weighted by Gasteiger charge is -2.08. The third-order valence-electron chi connectivity index (χ3n) is 3.98. The molecular formula is C19H17N3O4. The summed E-state index contributed by atoms with van der Waals surface area (Å²) in [5, 5.41) is 10.7. The summed E-state index contributed by atoms with van der Waals surface area (Å²) in [4.78, 5) is 31.7. The van der Waals surface area contributed by atoms with Crippen molar-refractivity contribution in [2.24, 2.45) is 0 Å². The largest absolute Gasteiger partial charge is 0.423 e. The zero-order valence-corrected chi connectivity index (χ0v) is 14.4. The van der Waals surface area contributed by atoms with E-state index in [1.54, 1.807) is 18.2 Å². The van der Waals surface area contributed by atoms with E-state index in [4.69, 9.17) is 4.74 Å². The number of nitrogens with zero attached hydrogens (tertiary/aromatic N) is 3. The zero-order valence-electron chi connectivity index (χ0n) is 14.4. The molecule has 0 unspecified atom stereocenters. The molecule has 2 aromatic carbocycles. The first-order valence-corrected chi connectivity index (χ1v) is 8.28. The lowest BCUT2D eigenvalue weighted by atomic mass is 10.1. The number of esters is 1. The van der Waals surface area contributed by atoms with Gasteiger partial charge in [0.25, 0.3) is 5.69 Å². The van der Waals surface area contributed by atoms with Gasteiger partial charge in [0, 0.05) is 12.1 Å². The third-order valence-corrected chi connectivity index (χ3v) is 3.98. The molecule has 7 heteroatoms. The molecule has 132 valence electrons. The summed E-state index contributed by atoms with van der Waals surface area (Å²) in [6, 6.07) is 10.4. The van der Waals surface area contributed by atoms with Gasteiger partial charge in [-0.1, -0.05) is 13.8 Å². The van der Waals surface area contributed by atoms with Crippen LogP contribution in [0.2, 0.25) is 0 Å². The number of ether oxygens (including phenoxy) is 1. The lowest BCUT2D eigenvalue weighted by Crippen LogP contribution is -2.09. The van der Waals surface area contributed by atoms with Crippen LogP contribution in [0.25, 0.3) is 11.0 Å². The van der Waals surface area contributed by atoms with Crippen LogP contribution in [-0.2, 0) is 12.8 Å². The molecule has 0 saturated heterocycles. The number of benzene rings is 2. The van der Waals surface area contributed by atoms with Crippen LogP contribution in [0.4, 0.5) is 5.69 Å². The molecule has 0 amide bonds. The van der Waals surface area contributed by atoms with Crippen molar-refractivity contribution in [1.29, 1.82) is 0 Å². The maximum atomic E-state index is 12.3. The normalized spacial score (nSPS) is 10.7. The van der Waals surface area contributed by atoms with Crippen LogP contribution >= 0.6 is 0 Å². The Morgan fingerprint density at radius 3 is 2.19 bits per heavy atom. The number of nitro benzene ring substituents is 1. The van der Waals surface area contributed by atoms with Crippen molar-refractivity contribution in [2.75, 3.05) is 0 Å². The van der Waals surface area contributed by atoms with Crippen LogP contribution < -0.4 is 4.74 Å². The summed E-state index contributed by atoms with van der Waals surface area (Å²) in [5.74, 6) is -0.317. The first-order valence-electron chi connectivity index (χ1n) is 8.28. The Balaban J connectivity index is 1.87. The van der Waals surface area contributed by atoms with E-state index in [9.17, 15) is 14.9 Å². The lowest BCUT2D eigenvalue weighted by molar-refractivity contribution is -0.384. The number of non-ortho nitro benzene ring substituents is 1. The average molecular weight is 351 g/mol. The minimum Gasteiger partial charge on any atom is -0.423 e. The molecular weight excluding hydrogens is 334 g/mol. The average Bonchev–Trinajstić information content (AvgIpc) is 2.66. The van der Waals surface area contributed by atoms with Crippen molar-refractivity contribution in [2.45, 2.75) is 26.7 Å². The van der Waals surface area contributed by atoms with Crippen molar-refractivity contribution >= 4 is 22.7 Å². The first kappa shape index (κ1) is 17.5. The smallest absolute Gasteiger partial charge is 0.343 e. The summed E-state index contributed by atoms with van der Waals surface area (Å²) < 4.78 is 5.28. The van der Waals surface area contributed by atoms with Gasteiger partial charge in [-0.25, -0.2) is 14.8 Å². The van der Waals surface area contributed by atoms with Gasteiger partial charge >= 0.3 is 5.97 Å². The van der Waals surface area contributed by atoms with E-state index in [2.05, 4.69) is 9.97 Å². The van der Waals surface area contributed by atoms with Crippen LogP contribution in [0, 0.1) is 10.1 Å². The van der Waals surface area contributed by atoms with Gasteiger partial charge in [0.15, 0.2) is 0 Å². The van der Waals surface area contributed by atoms with E-state index < -0.39 is 10.9 Å². The van der Waals surface area contributed by atoms with Crippen molar-refractivity contribution in [3.63, 3.8) is 0 Å². The summed E-state index contributed by atoms with van der Waals surface area (Å²) in [5.41, 5.74) is 3.52. The molecule has 0 spiro atoms. The highest BCUT2D eigenvalue weighted by molar-refractivity contribution is 5.94. The van der Waals surface area contributed by atoms with Crippen molar-refractivity contribution in [3.05, 3.63) is 69.5 Å².